The summed E-state index contributed by atoms with van der Waals surface area (Å²) in [6.45, 7) is 4.35. The van der Waals surface area contributed by atoms with Crippen LogP contribution in [-0.4, -0.2) is 39.8 Å². The molecule has 0 fully saturated rings. The van der Waals surface area contributed by atoms with Crippen LogP contribution in [0.4, 0.5) is 0 Å². The Morgan fingerprint density at radius 3 is 2.67 bits per heavy atom. The lowest BCUT2D eigenvalue weighted by molar-refractivity contribution is 0.172. The van der Waals surface area contributed by atoms with Gasteiger partial charge in [-0.05, 0) is 37.2 Å². The molecule has 0 aliphatic carbocycles. The fourth-order valence-electron chi connectivity index (χ4n) is 2.02. The van der Waals surface area contributed by atoms with E-state index in [-0.39, 0.29) is 6.61 Å². The van der Waals surface area contributed by atoms with Crippen molar-refractivity contribution in [2.75, 3.05) is 19.7 Å². The lowest BCUT2D eigenvalue weighted by Crippen LogP contribution is -2.27. The van der Waals surface area contributed by atoms with E-state index in [1.807, 2.05) is 12.1 Å². The number of hydrogen-bond donors (Lipinski definition) is 1. The summed E-state index contributed by atoms with van der Waals surface area (Å²) in [5.74, 6) is 1.12. The number of aromatic nitrogens is 2. The SMILES string of the molecule is CCCCN(CCO)Cc1nc(-c2ccc(Cl)cc2)no1. The maximum atomic E-state index is 9.10. The number of hydrogen-bond acceptors (Lipinski definition) is 5. The minimum atomic E-state index is 0.127. The van der Waals surface area contributed by atoms with E-state index in [1.165, 1.54) is 0 Å². The van der Waals surface area contributed by atoms with E-state index >= 15 is 0 Å². The molecule has 5 nitrogen and oxygen atoms in total. The predicted molar refractivity (Wildman–Crippen MR) is 82.0 cm³/mol. The number of unbranched alkanes of at least 4 members (excludes halogenated alkanes) is 1. The van der Waals surface area contributed by atoms with Gasteiger partial charge >= 0.3 is 0 Å². The third-order valence-electron chi connectivity index (χ3n) is 3.17. The first-order chi connectivity index (χ1) is 10.2. The summed E-state index contributed by atoms with van der Waals surface area (Å²) in [5.41, 5.74) is 0.872. The molecule has 1 heterocycles. The maximum Gasteiger partial charge on any atom is 0.241 e. The molecule has 114 valence electrons. The molecule has 1 N–H and O–H groups in total. The Morgan fingerprint density at radius 1 is 1.24 bits per heavy atom. The molecule has 21 heavy (non-hydrogen) atoms. The third-order valence-corrected chi connectivity index (χ3v) is 3.43. The highest BCUT2D eigenvalue weighted by Gasteiger charge is 2.12. The van der Waals surface area contributed by atoms with E-state index in [0.717, 1.165) is 24.9 Å². The molecule has 1 aromatic carbocycles. The third kappa shape index (κ3) is 4.81. The Balaban J connectivity index is 2.02. The molecule has 0 unspecified atom stereocenters. The number of benzene rings is 1. The highest BCUT2D eigenvalue weighted by atomic mass is 35.5. The van der Waals surface area contributed by atoms with Crippen LogP contribution in [0.5, 0.6) is 0 Å². The van der Waals surface area contributed by atoms with Gasteiger partial charge in [-0.3, -0.25) is 4.90 Å². The Labute approximate surface area is 129 Å². The predicted octanol–water partition coefficient (Wildman–Crippen LogP) is 2.98. The van der Waals surface area contributed by atoms with Crippen molar-refractivity contribution in [1.29, 1.82) is 0 Å². The van der Waals surface area contributed by atoms with Gasteiger partial charge in [0.2, 0.25) is 11.7 Å². The van der Waals surface area contributed by atoms with Crippen molar-refractivity contribution in [1.82, 2.24) is 15.0 Å². The molecular formula is C15H20ClN3O2. The van der Waals surface area contributed by atoms with E-state index < -0.39 is 0 Å². The van der Waals surface area contributed by atoms with Crippen LogP contribution in [0.1, 0.15) is 25.7 Å². The summed E-state index contributed by atoms with van der Waals surface area (Å²) >= 11 is 5.86. The molecule has 0 saturated carbocycles. The number of nitrogens with zero attached hydrogens (tertiary/aromatic N) is 3. The smallest absolute Gasteiger partial charge is 0.241 e. The van der Waals surface area contributed by atoms with Crippen LogP contribution in [0.25, 0.3) is 11.4 Å². The lowest BCUT2D eigenvalue weighted by atomic mass is 10.2. The normalized spacial score (nSPS) is 11.2. The monoisotopic (exact) mass is 309 g/mol. The summed E-state index contributed by atoms with van der Waals surface area (Å²) in [7, 11) is 0. The van der Waals surface area contributed by atoms with Crippen molar-refractivity contribution in [2.45, 2.75) is 26.3 Å². The number of aliphatic hydroxyl groups is 1. The van der Waals surface area contributed by atoms with Crippen LogP contribution in [0.15, 0.2) is 28.8 Å². The van der Waals surface area contributed by atoms with Crippen LogP contribution >= 0.6 is 11.6 Å². The Bertz CT molecular complexity index is 542. The van der Waals surface area contributed by atoms with Crippen molar-refractivity contribution in [3.63, 3.8) is 0 Å². The molecule has 0 bridgehead atoms. The molecule has 6 heteroatoms. The molecular weight excluding hydrogens is 290 g/mol. The first kappa shape index (κ1) is 15.9. The van der Waals surface area contributed by atoms with E-state index in [1.54, 1.807) is 12.1 Å². The first-order valence-corrected chi connectivity index (χ1v) is 7.52. The molecule has 2 rings (SSSR count). The van der Waals surface area contributed by atoms with Gasteiger partial charge in [0.15, 0.2) is 0 Å². The molecule has 2 aromatic rings. The van der Waals surface area contributed by atoms with Gasteiger partial charge in [0.05, 0.1) is 13.2 Å². The molecule has 0 atom stereocenters. The zero-order chi connectivity index (χ0) is 15.1. The summed E-state index contributed by atoms with van der Waals surface area (Å²) in [5, 5.41) is 13.8. The highest BCUT2D eigenvalue weighted by molar-refractivity contribution is 6.30. The first-order valence-electron chi connectivity index (χ1n) is 7.14. The second-order valence-electron chi connectivity index (χ2n) is 4.87. The fourth-order valence-corrected chi connectivity index (χ4v) is 2.15. The van der Waals surface area contributed by atoms with Gasteiger partial charge in [-0.1, -0.05) is 30.1 Å². The molecule has 0 saturated heterocycles. The fraction of sp³-hybridized carbons (Fsp3) is 0.467. The van der Waals surface area contributed by atoms with Gasteiger partial charge in [-0.2, -0.15) is 4.98 Å². The van der Waals surface area contributed by atoms with Gasteiger partial charge in [-0.25, -0.2) is 0 Å². The minimum absolute atomic E-state index is 0.127. The summed E-state index contributed by atoms with van der Waals surface area (Å²) in [6, 6.07) is 7.32. The van der Waals surface area contributed by atoms with Crippen molar-refractivity contribution in [3.8, 4) is 11.4 Å². The van der Waals surface area contributed by atoms with Gasteiger partial charge in [0, 0.05) is 17.1 Å². The zero-order valence-electron chi connectivity index (χ0n) is 12.1. The van der Waals surface area contributed by atoms with Crippen LogP contribution in [0, 0.1) is 0 Å². The number of halogens is 1. The largest absolute Gasteiger partial charge is 0.395 e. The molecule has 0 aliphatic heterocycles. The van der Waals surface area contributed by atoms with Crippen LogP contribution in [0.2, 0.25) is 5.02 Å². The molecule has 0 amide bonds. The average molecular weight is 310 g/mol. The van der Waals surface area contributed by atoms with Crippen molar-refractivity contribution >= 4 is 11.6 Å². The van der Waals surface area contributed by atoms with Gasteiger partial charge in [0.1, 0.15) is 0 Å². The Kier molecular flexibility index (Phi) is 6.17. The summed E-state index contributed by atoms with van der Waals surface area (Å²) in [4.78, 5) is 6.51. The molecule has 1 aromatic heterocycles. The van der Waals surface area contributed by atoms with Crippen molar-refractivity contribution in [2.24, 2.45) is 0 Å². The average Bonchev–Trinajstić information content (AvgIpc) is 2.94. The maximum absolute atomic E-state index is 9.10. The molecule has 0 radical (unpaired) electrons. The van der Waals surface area contributed by atoms with Gasteiger partial charge in [-0.15, -0.1) is 0 Å². The second kappa shape index (κ2) is 8.12. The zero-order valence-corrected chi connectivity index (χ0v) is 12.9. The number of aliphatic hydroxyl groups excluding tert-OH is 1. The second-order valence-corrected chi connectivity index (χ2v) is 5.31. The highest BCUT2D eigenvalue weighted by Crippen LogP contribution is 2.19. The summed E-state index contributed by atoms with van der Waals surface area (Å²) in [6.07, 6.45) is 2.19. The standard InChI is InChI=1S/C15H20ClN3O2/c1-2-3-8-19(9-10-20)11-14-17-15(18-21-14)12-4-6-13(16)7-5-12/h4-7,20H,2-3,8-11H2,1H3. The van der Waals surface area contributed by atoms with Gasteiger partial charge < -0.3 is 9.63 Å². The minimum Gasteiger partial charge on any atom is -0.395 e. The lowest BCUT2D eigenvalue weighted by Gasteiger charge is -2.18. The Hall–Kier alpha value is -1.43. The van der Waals surface area contributed by atoms with E-state index in [4.69, 9.17) is 21.2 Å². The van der Waals surface area contributed by atoms with Crippen molar-refractivity contribution < 1.29 is 9.63 Å². The van der Waals surface area contributed by atoms with Crippen LogP contribution in [0.3, 0.4) is 0 Å². The quantitative estimate of drug-likeness (QED) is 0.812. The van der Waals surface area contributed by atoms with E-state index in [2.05, 4.69) is 22.0 Å². The summed E-state index contributed by atoms with van der Waals surface area (Å²) < 4.78 is 5.29. The van der Waals surface area contributed by atoms with E-state index in [9.17, 15) is 0 Å². The van der Waals surface area contributed by atoms with Crippen molar-refractivity contribution in [3.05, 3.63) is 35.2 Å². The van der Waals surface area contributed by atoms with E-state index in [0.29, 0.717) is 29.8 Å². The molecule has 0 aliphatic rings. The topological polar surface area (TPSA) is 62.4 Å². The Morgan fingerprint density at radius 2 is 2.00 bits per heavy atom. The van der Waals surface area contributed by atoms with Crippen LogP contribution < -0.4 is 0 Å². The van der Waals surface area contributed by atoms with Gasteiger partial charge in [0.25, 0.3) is 0 Å². The number of rotatable bonds is 8. The van der Waals surface area contributed by atoms with Crippen LogP contribution in [-0.2, 0) is 6.54 Å². The molecule has 0 spiro atoms.